The summed E-state index contributed by atoms with van der Waals surface area (Å²) in [5.41, 5.74) is 0.772. The van der Waals surface area contributed by atoms with Crippen LogP contribution < -0.4 is 10.2 Å². The molecule has 1 aromatic carbocycles. The van der Waals surface area contributed by atoms with Gasteiger partial charge in [-0.2, -0.15) is 0 Å². The molecule has 1 aliphatic heterocycles. The third-order valence-electron chi connectivity index (χ3n) is 4.10. The molecule has 0 bridgehead atoms. The number of hydrogen-bond acceptors (Lipinski definition) is 4. The Balaban J connectivity index is 1.97. The van der Waals surface area contributed by atoms with Crippen molar-refractivity contribution in [2.75, 3.05) is 10.2 Å². The van der Waals surface area contributed by atoms with Crippen LogP contribution in [0.15, 0.2) is 47.1 Å². The van der Waals surface area contributed by atoms with E-state index in [0.29, 0.717) is 28.0 Å². The van der Waals surface area contributed by atoms with E-state index in [0.717, 1.165) is 0 Å². The van der Waals surface area contributed by atoms with E-state index < -0.39 is 17.7 Å². The van der Waals surface area contributed by atoms with Crippen molar-refractivity contribution in [1.82, 2.24) is 4.98 Å². The molecule has 0 radical (unpaired) electrons. The first-order chi connectivity index (χ1) is 12.4. The fourth-order valence-electron chi connectivity index (χ4n) is 2.97. The zero-order chi connectivity index (χ0) is 18.8. The second-order valence-corrected chi connectivity index (χ2v) is 7.43. The molecule has 2 amide bonds. The summed E-state index contributed by atoms with van der Waals surface area (Å²) >= 11 is 3.31. The molecule has 1 unspecified atom stereocenters. The SMILES string of the molecule is CC(C)CC(C(=O)Nc1ccccn1)N1C(=O)C(=O)c2cc(Br)ccc21. The molecule has 26 heavy (non-hydrogen) atoms. The van der Waals surface area contributed by atoms with Crippen LogP contribution in [0.1, 0.15) is 30.6 Å². The van der Waals surface area contributed by atoms with Crippen LogP contribution in [0.25, 0.3) is 0 Å². The van der Waals surface area contributed by atoms with Crippen molar-refractivity contribution in [3.05, 3.63) is 52.6 Å². The fourth-order valence-corrected chi connectivity index (χ4v) is 3.33. The van der Waals surface area contributed by atoms with E-state index in [1.54, 1.807) is 42.6 Å². The molecule has 0 spiro atoms. The minimum Gasteiger partial charge on any atom is -0.309 e. The number of amides is 2. The average molecular weight is 416 g/mol. The van der Waals surface area contributed by atoms with Crippen molar-refractivity contribution < 1.29 is 14.4 Å². The number of benzene rings is 1. The fraction of sp³-hybridized carbons (Fsp3) is 0.263. The van der Waals surface area contributed by atoms with Crippen LogP contribution in [0.2, 0.25) is 0 Å². The number of nitrogens with zero attached hydrogens (tertiary/aromatic N) is 2. The van der Waals surface area contributed by atoms with Crippen molar-refractivity contribution in [2.45, 2.75) is 26.3 Å². The molecule has 1 atom stereocenters. The van der Waals surface area contributed by atoms with Crippen LogP contribution in [-0.2, 0) is 9.59 Å². The Bertz CT molecular complexity index is 868. The van der Waals surface area contributed by atoms with Gasteiger partial charge in [-0.15, -0.1) is 0 Å². The molecule has 1 aliphatic rings. The lowest BCUT2D eigenvalue weighted by atomic mass is 10.0. The van der Waals surface area contributed by atoms with E-state index in [1.165, 1.54) is 4.90 Å². The van der Waals surface area contributed by atoms with E-state index in [4.69, 9.17) is 0 Å². The van der Waals surface area contributed by atoms with Crippen LogP contribution in [0.4, 0.5) is 11.5 Å². The number of anilines is 2. The van der Waals surface area contributed by atoms with Gasteiger partial charge in [0.05, 0.1) is 11.3 Å². The Morgan fingerprint density at radius 2 is 2.00 bits per heavy atom. The molecular weight excluding hydrogens is 398 g/mol. The van der Waals surface area contributed by atoms with Gasteiger partial charge in [-0.3, -0.25) is 19.3 Å². The summed E-state index contributed by atoms with van der Waals surface area (Å²) in [4.78, 5) is 43.3. The molecule has 2 heterocycles. The molecule has 0 saturated heterocycles. The van der Waals surface area contributed by atoms with Gasteiger partial charge in [0.1, 0.15) is 11.9 Å². The number of fused-ring (bicyclic) bond motifs is 1. The molecule has 0 aliphatic carbocycles. The second-order valence-electron chi connectivity index (χ2n) is 6.52. The first-order valence-corrected chi connectivity index (χ1v) is 9.07. The number of rotatable bonds is 5. The highest BCUT2D eigenvalue weighted by Crippen LogP contribution is 2.34. The number of Topliss-reactive ketones (excluding diaryl/α,β-unsaturated/α-hetero) is 1. The number of nitrogens with one attached hydrogen (secondary N) is 1. The van der Waals surface area contributed by atoms with Gasteiger partial charge in [0.2, 0.25) is 5.91 Å². The number of carbonyl (C=O) groups is 3. The minimum absolute atomic E-state index is 0.150. The molecule has 0 saturated carbocycles. The van der Waals surface area contributed by atoms with Gasteiger partial charge in [-0.1, -0.05) is 35.8 Å². The van der Waals surface area contributed by atoms with Gasteiger partial charge in [-0.05, 0) is 42.7 Å². The van der Waals surface area contributed by atoms with Gasteiger partial charge in [0.25, 0.3) is 11.7 Å². The maximum absolute atomic E-state index is 12.9. The Morgan fingerprint density at radius 3 is 2.65 bits per heavy atom. The zero-order valence-electron chi connectivity index (χ0n) is 14.4. The van der Waals surface area contributed by atoms with Gasteiger partial charge in [-0.25, -0.2) is 4.98 Å². The van der Waals surface area contributed by atoms with E-state index in [2.05, 4.69) is 26.2 Å². The van der Waals surface area contributed by atoms with Gasteiger partial charge in [0.15, 0.2) is 0 Å². The van der Waals surface area contributed by atoms with Crippen LogP contribution in [-0.4, -0.2) is 28.6 Å². The Labute approximate surface area is 159 Å². The van der Waals surface area contributed by atoms with Crippen molar-refractivity contribution in [2.24, 2.45) is 5.92 Å². The average Bonchev–Trinajstić information content (AvgIpc) is 2.84. The van der Waals surface area contributed by atoms with Crippen LogP contribution in [0, 0.1) is 5.92 Å². The predicted octanol–water partition coefficient (Wildman–Crippen LogP) is 3.43. The van der Waals surface area contributed by atoms with Crippen LogP contribution >= 0.6 is 15.9 Å². The zero-order valence-corrected chi connectivity index (χ0v) is 16.0. The molecule has 134 valence electrons. The summed E-state index contributed by atoms with van der Waals surface area (Å²) in [7, 11) is 0. The molecule has 6 nitrogen and oxygen atoms in total. The number of ketones is 1. The maximum Gasteiger partial charge on any atom is 0.300 e. The van der Waals surface area contributed by atoms with Crippen LogP contribution in [0.5, 0.6) is 0 Å². The number of carbonyl (C=O) groups excluding carboxylic acids is 3. The number of aromatic nitrogens is 1. The number of pyridine rings is 1. The van der Waals surface area contributed by atoms with E-state index >= 15 is 0 Å². The minimum atomic E-state index is -0.795. The lowest BCUT2D eigenvalue weighted by molar-refractivity contribution is -0.121. The lowest BCUT2D eigenvalue weighted by Gasteiger charge is -2.28. The summed E-state index contributed by atoms with van der Waals surface area (Å²) in [6.45, 7) is 3.93. The highest BCUT2D eigenvalue weighted by Gasteiger charge is 2.42. The maximum atomic E-state index is 12.9. The third kappa shape index (κ3) is 3.53. The Kier molecular flexibility index (Phi) is 5.18. The molecule has 1 N–H and O–H groups in total. The lowest BCUT2D eigenvalue weighted by Crippen LogP contribution is -2.47. The predicted molar refractivity (Wildman–Crippen MR) is 102 cm³/mol. The van der Waals surface area contributed by atoms with Gasteiger partial charge in [0, 0.05) is 10.7 Å². The number of hydrogen-bond donors (Lipinski definition) is 1. The smallest absolute Gasteiger partial charge is 0.300 e. The topological polar surface area (TPSA) is 79.4 Å². The van der Waals surface area contributed by atoms with E-state index in [-0.39, 0.29) is 11.8 Å². The highest BCUT2D eigenvalue weighted by molar-refractivity contribution is 9.10. The quantitative estimate of drug-likeness (QED) is 0.758. The summed E-state index contributed by atoms with van der Waals surface area (Å²) in [6, 6.07) is 9.43. The molecule has 7 heteroatoms. The van der Waals surface area contributed by atoms with Crippen LogP contribution in [0.3, 0.4) is 0 Å². The van der Waals surface area contributed by atoms with Crippen molar-refractivity contribution in [3.63, 3.8) is 0 Å². The van der Waals surface area contributed by atoms with Crippen molar-refractivity contribution >= 4 is 45.0 Å². The Morgan fingerprint density at radius 1 is 1.23 bits per heavy atom. The van der Waals surface area contributed by atoms with E-state index in [9.17, 15) is 14.4 Å². The normalized spacial score (nSPS) is 14.5. The third-order valence-corrected chi connectivity index (χ3v) is 4.59. The van der Waals surface area contributed by atoms with Gasteiger partial charge < -0.3 is 5.32 Å². The monoisotopic (exact) mass is 415 g/mol. The largest absolute Gasteiger partial charge is 0.309 e. The second kappa shape index (κ2) is 7.37. The summed E-state index contributed by atoms with van der Waals surface area (Å²) < 4.78 is 0.706. The number of halogens is 1. The Hall–Kier alpha value is -2.54. The first-order valence-electron chi connectivity index (χ1n) is 8.28. The van der Waals surface area contributed by atoms with Gasteiger partial charge >= 0.3 is 0 Å². The summed E-state index contributed by atoms with van der Waals surface area (Å²) in [5.74, 6) is -1.09. The van der Waals surface area contributed by atoms with Crippen molar-refractivity contribution in [1.29, 1.82) is 0 Å². The standard InChI is InChI=1S/C19H18BrN3O3/c1-11(2)9-15(18(25)22-16-5-3-4-8-21-16)23-14-7-6-12(20)10-13(14)17(24)19(23)26/h3-8,10-11,15H,9H2,1-2H3,(H,21,22,25). The summed E-state index contributed by atoms with van der Waals surface area (Å²) in [6.07, 6.45) is 2.00. The molecule has 2 aromatic rings. The van der Waals surface area contributed by atoms with Crippen molar-refractivity contribution in [3.8, 4) is 0 Å². The molecular formula is C19H18BrN3O3. The highest BCUT2D eigenvalue weighted by atomic mass is 79.9. The first kappa shape index (κ1) is 18.3. The van der Waals surface area contributed by atoms with E-state index in [1.807, 2.05) is 13.8 Å². The summed E-state index contributed by atoms with van der Waals surface area (Å²) in [5, 5.41) is 2.74. The molecule has 1 aromatic heterocycles. The molecule has 0 fully saturated rings. The molecule has 3 rings (SSSR count).